The minimum absolute atomic E-state index is 0.0559. The van der Waals surface area contributed by atoms with Gasteiger partial charge in [-0.2, -0.15) is 0 Å². The summed E-state index contributed by atoms with van der Waals surface area (Å²) in [6, 6.07) is 8.57. The van der Waals surface area contributed by atoms with Crippen LogP contribution < -0.4 is 16.4 Å². The summed E-state index contributed by atoms with van der Waals surface area (Å²) in [6.45, 7) is 2.41. The molecule has 1 aromatic rings. The molecule has 0 radical (unpaired) electrons. The van der Waals surface area contributed by atoms with E-state index in [-0.39, 0.29) is 11.7 Å². The van der Waals surface area contributed by atoms with Gasteiger partial charge in [0.2, 0.25) is 5.91 Å². The van der Waals surface area contributed by atoms with Gasteiger partial charge in [-0.1, -0.05) is 36.8 Å². The predicted molar refractivity (Wildman–Crippen MR) is 88.5 cm³/mol. The summed E-state index contributed by atoms with van der Waals surface area (Å²) in [5.74, 6) is -0.305. The van der Waals surface area contributed by atoms with Gasteiger partial charge in [-0.25, -0.2) is 0 Å². The van der Waals surface area contributed by atoms with E-state index in [0.717, 1.165) is 24.9 Å². The number of hydrogen-bond donors (Lipinski definition) is 3. The number of Topliss-reactive ketones (excluding diaryl/α,β-unsaturated/α-hetero) is 1. The molecule has 1 aromatic carbocycles. The Kier molecular flexibility index (Phi) is 8.40. The molecular weight excluding hydrogens is 278 g/mol. The molecule has 1 amide bonds. The zero-order chi connectivity index (χ0) is 16.4. The van der Waals surface area contributed by atoms with Gasteiger partial charge in [-0.05, 0) is 45.3 Å². The Hall–Kier alpha value is -1.72. The Morgan fingerprint density at radius 3 is 2.45 bits per heavy atom. The van der Waals surface area contributed by atoms with Crippen molar-refractivity contribution in [3.05, 3.63) is 35.9 Å². The average Bonchev–Trinajstić information content (AvgIpc) is 2.51. The van der Waals surface area contributed by atoms with Gasteiger partial charge in [0.05, 0.1) is 12.1 Å². The molecule has 0 heterocycles. The van der Waals surface area contributed by atoms with Crippen LogP contribution in [0.2, 0.25) is 0 Å². The third-order valence-electron chi connectivity index (χ3n) is 3.62. The molecule has 0 saturated heterocycles. The van der Waals surface area contributed by atoms with Crippen molar-refractivity contribution in [3.8, 4) is 0 Å². The summed E-state index contributed by atoms with van der Waals surface area (Å²) in [5.41, 5.74) is 6.92. The minimum Gasteiger partial charge on any atom is -0.345 e. The highest BCUT2D eigenvalue weighted by Gasteiger charge is 2.21. The molecule has 2 unspecified atom stereocenters. The largest absolute Gasteiger partial charge is 0.345 e. The molecule has 122 valence electrons. The highest BCUT2D eigenvalue weighted by atomic mass is 16.2. The number of nitrogens with two attached hydrogens (primary N) is 1. The molecule has 0 aliphatic carbocycles. The monoisotopic (exact) mass is 305 g/mol. The molecule has 1 rings (SSSR count). The van der Waals surface area contributed by atoms with E-state index in [1.165, 1.54) is 6.92 Å². The number of nitrogens with one attached hydrogen (secondary N) is 2. The number of benzene rings is 1. The fourth-order valence-electron chi connectivity index (χ4n) is 2.22. The Balaban J connectivity index is 2.48. The molecule has 0 bridgehead atoms. The van der Waals surface area contributed by atoms with Gasteiger partial charge in [0.25, 0.3) is 0 Å². The van der Waals surface area contributed by atoms with Crippen LogP contribution in [0.25, 0.3) is 0 Å². The van der Waals surface area contributed by atoms with E-state index in [1.54, 1.807) is 0 Å². The van der Waals surface area contributed by atoms with Crippen LogP contribution in [0.1, 0.15) is 31.7 Å². The summed E-state index contributed by atoms with van der Waals surface area (Å²) >= 11 is 0. The first-order valence-corrected chi connectivity index (χ1v) is 7.79. The normalized spacial score (nSPS) is 13.4. The van der Waals surface area contributed by atoms with Crippen LogP contribution in [0.3, 0.4) is 0 Å². The second-order valence-electron chi connectivity index (χ2n) is 5.57. The van der Waals surface area contributed by atoms with Gasteiger partial charge in [0, 0.05) is 0 Å². The van der Waals surface area contributed by atoms with Gasteiger partial charge in [-0.3, -0.25) is 9.59 Å². The molecule has 0 saturated carbocycles. The fourth-order valence-corrected chi connectivity index (χ4v) is 2.22. The zero-order valence-electron chi connectivity index (χ0n) is 13.5. The smallest absolute Gasteiger partial charge is 0.237 e. The summed E-state index contributed by atoms with van der Waals surface area (Å²) in [4.78, 5) is 23.8. The number of unbranched alkanes of at least 4 members (excludes halogenated alkanes) is 1. The number of hydrogen-bond acceptors (Lipinski definition) is 4. The molecule has 5 heteroatoms. The van der Waals surface area contributed by atoms with Crippen molar-refractivity contribution >= 4 is 11.7 Å². The average molecular weight is 305 g/mol. The van der Waals surface area contributed by atoms with Gasteiger partial charge in [0.15, 0.2) is 5.78 Å². The first-order valence-electron chi connectivity index (χ1n) is 7.79. The molecule has 0 aromatic heterocycles. The molecular formula is C17H27N3O2. The summed E-state index contributed by atoms with van der Waals surface area (Å²) in [7, 11) is 1.90. The van der Waals surface area contributed by atoms with E-state index in [0.29, 0.717) is 12.8 Å². The topological polar surface area (TPSA) is 84.2 Å². The first kappa shape index (κ1) is 18.3. The third kappa shape index (κ3) is 6.83. The lowest BCUT2D eigenvalue weighted by Gasteiger charge is -2.19. The van der Waals surface area contributed by atoms with Crippen molar-refractivity contribution in [2.45, 2.75) is 44.7 Å². The third-order valence-corrected chi connectivity index (χ3v) is 3.62. The van der Waals surface area contributed by atoms with E-state index in [1.807, 2.05) is 37.4 Å². The summed E-state index contributed by atoms with van der Waals surface area (Å²) in [6.07, 6.45) is 2.99. The van der Waals surface area contributed by atoms with Gasteiger partial charge in [0.1, 0.15) is 0 Å². The van der Waals surface area contributed by atoms with Gasteiger partial charge >= 0.3 is 0 Å². The van der Waals surface area contributed by atoms with Crippen molar-refractivity contribution in [3.63, 3.8) is 0 Å². The van der Waals surface area contributed by atoms with Crippen molar-refractivity contribution in [1.82, 2.24) is 10.6 Å². The Labute approximate surface area is 132 Å². The predicted octanol–water partition coefficient (Wildman–Crippen LogP) is 1.02. The molecule has 0 spiro atoms. The van der Waals surface area contributed by atoms with Crippen LogP contribution in [0, 0.1) is 0 Å². The van der Waals surface area contributed by atoms with Crippen LogP contribution in [0.5, 0.6) is 0 Å². The number of rotatable bonds is 10. The molecule has 0 fully saturated rings. The zero-order valence-corrected chi connectivity index (χ0v) is 13.5. The Morgan fingerprint density at radius 2 is 1.86 bits per heavy atom. The molecule has 5 nitrogen and oxygen atoms in total. The van der Waals surface area contributed by atoms with Crippen LogP contribution in [-0.4, -0.2) is 37.4 Å². The highest BCUT2D eigenvalue weighted by molar-refractivity contribution is 5.89. The minimum atomic E-state index is -0.561. The van der Waals surface area contributed by atoms with E-state index in [2.05, 4.69) is 10.6 Å². The Bertz CT molecular complexity index is 462. The lowest BCUT2D eigenvalue weighted by Crippen LogP contribution is -2.48. The number of amides is 1. The maximum absolute atomic E-state index is 12.1. The number of carbonyl (C=O) groups excluding carboxylic acids is 2. The number of carbonyl (C=O) groups is 2. The first-order chi connectivity index (χ1) is 10.5. The second-order valence-corrected chi connectivity index (χ2v) is 5.57. The second kappa shape index (κ2) is 10.1. The molecule has 4 N–H and O–H groups in total. The van der Waals surface area contributed by atoms with Crippen LogP contribution in [0.15, 0.2) is 30.3 Å². The van der Waals surface area contributed by atoms with Crippen LogP contribution in [-0.2, 0) is 16.0 Å². The maximum Gasteiger partial charge on any atom is 0.237 e. The van der Waals surface area contributed by atoms with Crippen molar-refractivity contribution in [2.75, 3.05) is 13.6 Å². The molecule has 0 aliphatic rings. The SMILES string of the molecule is CNCCCCC(N)C(=O)NC(Cc1ccccc1)C(C)=O. The standard InChI is InChI=1S/C17H27N3O2/c1-13(21)16(12-14-8-4-3-5-9-14)20-17(22)15(18)10-6-7-11-19-2/h3-5,8-9,15-16,19H,6-7,10-12,18H2,1-2H3,(H,20,22). The fraction of sp³-hybridized carbons (Fsp3) is 0.529. The van der Waals surface area contributed by atoms with E-state index >= 15 is 0 Å². The van der Waals surface area contributed by atoms with Crippen molar-refractivity contribution in [2.24, 2.45) is 5.73 Å². The van der Waals surface area contributed by atoms with Crippen LogP contribution in [0.4, 0.5) is 0 Å². The van der Waals surface area contributed by atoms with Gasteiger partial charge < -0.3 is 16.4 Å². The van der Waals surface area contributed by atoms with E-state index in [4.69, 9.17) is 5.73 Å². The molecule has 2 atom stereocenters. The van der Waals surface area contributed by atoms with Crippen molar-refractivity contribution < 1.29 is 9.59 Å². The Morgan fingerprint density at radius 1 is 1.18 bits per heavy atom. The van der Waals surface area contributed by atoms with Gasteiger partial charge in [-0.15, -0.1) is 0 Å². The summed E-state index contributed by atoms with van der Waals surface area (Å²) < 4.78 is 0. The van der Waals surface area contributed by atoms with E-state index < -0.39 is 12.1 Å². The van der Waals surface area contributed by atoms with Crippen molar-refractivity contribution in [1.29, 1.82) is 0 Å². The maximum atomic E-state index is 12.1. The van der Waals surface area contributed by atoms with Crippen LogP contribution >= 0.6 is 0 Å². The highest BCUT2D eigenvalue weighted by Crippen LogP contribution is 2.05. The summed E-state index contributed by atoms with van der Waals surface area (Å²) in [5, 5.41) is 5.84. The number of ketones is 1. The lowest BCUT2D eigenvalue weighted by molar-refractivity contribution is -0.127. The quantitative estimate of drug-likeness (QED) is 0.564. The molecule has 0 aliphatic heterocycles. The van der Waals surface area contributed by atoms with E-state index in [9.17, 15) is 9.59 Å². The molecule has 22 heavy (non-hydrogen) atoms. The lowest BCUT2D eigenvalue weighted by atomic mass is 10.0.